The van der Waals surface area contributed by atoms with Crippen LogP contribution in [0.3, 0.4) is 0 Å². The third-order valence-corrected chi connectivity index (χ3v) is 15.6. The number of likely N-dealkylation sites (tertiary alicyclic amines) is 2. The van der Waals surface area contributed by atoms with Crippen molar-refractivity contribution >= 4 is 40.5 Å². The molecule has 3 saturated heterocycles. The first-order chi connectivity index (χ1) is 34.2. The summed E-state index contributed by atoms with van der Waals surface area (Å²) < 4.78 is 14.3. The molecular weight excluding hydrogens is 909 g/mol. The number of amides is 4. The van der Waals surface area contributed by atoms with Gasteiger partial charge in [0.2, 0.25) is 11.8 Å². The van der Waals surface area contributed by atoms with Crippen LogP contribution in [0.25, 0.3) is 33.3 Å². The number of cyclic esters (lactones) is 1. The van der Waals surface area contributed by atoms with E-state index in [1.54, 1.807) is 23.1 Å². The minimum absolute atomic E-state index is 0.135. The van der Waals surface area contributed by atoms with Crippen molar-refractivity contribution in [2.24, 2.45) is 16.7 Å². The van der Waals surface area contributed by atoms with Gasteiger partial charge >= 0.3 is 5.97 Å². The zero-order chi connectivity index (χ0) is 51.9. The van der Waals surface area contributed by atoms with Gasteiger partial charge in [0.15, 0.2) is 0 Å². The molecule has 0 radical (unpaired) electrons. The number of hydrazine groups is 1. The molecule has 15 nitrogen and oxygen atoms in total. The molecule has 0 aliphatic carbocycles. The van der Waals surface area contributed by atoms with Crippen molar-refractivity contribution < 1.29 is 33.4 Å². The minimum Gasteiger partial charge on any atom is -0.464 e. The molecule has 4 aliphatic heterocycles. The summed E-state index contributed by atoms with van der Waals surface area (Å²) in [5.74, 6) is 3.84. The molecule has 4 aliphatic rings. The number of nitrogens with zero attached hydrogens (tertiary/aromatic N) is 6. The number of methoxy groups -OCH3 is 1. The van der Waals surface area contributed by atoms with Gasteiger partial charge in [-0.05, 0) is 132 Å². The van der Waals surface area contributed by atoms with Crippen molar-refractivity contribution in [2.45, 2.75) is 130 Å². The normalized spacial score (nSPS) is 22.5. The quantitative estimate of drug-likeness (QED) is 0.139. The predicted octanol–water partition coefficient (Wildman–Crippen LogP) is 6.57. The van der Waals surface area contributed by atoms with Crippen LogP contribution in [-0.2, 0) is 52.8 Å². The second kappa shape index (κ2) is 20.8. The Morgan fingerprint density at radius 3 is 2.49 bits per heavy atom. The number of ether oxygens (including phenoxy) is 2. The Morgan fingerprint density at radius 1 is 1.01 bits per heavy atom. The molecule has 1 unspecified atom stereocenters. The second-order valence-corrected chi connectivity index (χ2v) is 22.2. The van der Waals surface area contributed by atoms with Crippen LogP contribution in [0.2, 0.25) is 0 Å². The van der Waals surface area contributed by atoms with Gasteiger partial charge in [-0.3, -0.25) is 38.9 Å². The summed E-state index contributed by atoms with van der Waals surface area (Å²) in [6, 6.07) is 16.0. The van der Waals surface area contributed by atoms with Gasteiger partial charge in [0.25, 0.3) is 11.8 Å². The molecular formula is C57H74N8O7. The van der Waals surface area contributed by atoms with Gasteiger partial charge in [-0.25, -0.2) is 5.43 Å². The SMILES string of the molecule is CCn1c(-c2cccnc2[C@H](C)OC)c2c3cc(ccc31)-c1cccc(c1)C[C@H](NC(=O)C(C(C)C)N1CC[C@]3(CCN(C(=O)C#CC(C)(C)N(C)C)C3)C1=O)C(=O)N1CCC[C@H](N1)C(=O)OCC(C)(C)C2. The molecule has 1 spiro atoms. The average Bonchev–Trinajstić information content (AvgIpc) is 4.03. The van der Waals surface area contributed by atoms with Crippen molar-refractivity contribution in [3.8, 4) is 34.2 Å². The largest absolute Gasteiger partial charge is 0.464 e. The van der Waals surface area contributed by atoms with Gasteiger partial charge in [0.1, 0.15) is 18.1 Å². The van der Waals surface area contributed by atoms with E-state index in [1.165, 1.54) is 5.01 Å². The third kappa shape index (κ3) is 10.4. The number of benzene rings is 2. The smallest absolute Gasteiger partial charge is 0.324 e. The zero-order valence-corrected chi connectivity index (χ0v) is 44.2. The van der Waals surface area contributed by atoms with Crippen LogP contribution in [0.5, 0.6) is 0 Å². The summed E-state index contributed by atoms with van der Waals surface area (Å²) >= 11 is 0. The van der Waals surface area contributed by atoms with Crippen LogP contribution in [0.4, 0.5) is 0 Å². The fourth-order valence-electron chi connectivity index (χ4n) is 11.0. The number of carbonyl (C=O) groups is 5. The number of aryl methyl sites for hydroxylation is 1. The average molecular weight is 983 g/mol. The number of pyridine rings is 1. The van der Waals surface area contributed by atoms with Crippen LogP contribution >= 0.6 is 0 Å². The summed E-state index contributed by atoms with van der Waals surface area (Å²) in [7, 11) is 5.52. The van der Waals surface area contributed by atoms with Gasteiger partial charge in [0.05, 0.1) is 35.1 Å². The van der Waals surface area contributed by atoms with Crippen molar-refractivity contribution in [3.63, 3.8) is 0 Å². The first-order valence-electron chi connectivity index (χ1n) is 25.7. The summed E-state index contributed by atoms with van der Waals surface area (Å²) in [6.07, 6.45) is 4.28. The van der Waals surface area contributed by atoms with Crippen molar-refractivity contribution in [1.29, 1.82) is 0 Å². The highest BCUT2D eigenvalue weighted by atomic mass is 16.5. The van der Waals surface area contributed by atoms with E-state index >= 15 is 0 Å². The molecule has 4 amide bonds. The zero-order valence-electron chi connectivity index (χ0n) is 44.2. The van der Waals surface area contributed by atoms with E-state index in [-0.39, 0.29) is 49.3 Å². The van der Waals surface area contributed by atoms with Gasteiger partial charge in [-0.1, -0.05) is 63.9 Å². The summed E-state index contributed by atoms with van der Waals surface area (Å²) in [6.45, 7) is 18.2. The molecule has 6 bridgehead atoms. The van der Waals surface area contributed by atoms with Crippen LogP contribution in [0, 0.1) is 28.6 Å². The highest BCUT2D eigenvalue weighted by Crippen LogP contribution is 2.44. The number of fused-ring (bicyclic) bond motifs is 6. The van der Waals surface area contributed by atoms with Crippen LogP contribution in [0.15, 0.2) is 60.8 Å². The Labute approximate surface area is 425 Å². The predicted molar refractivity (Wildman–Crippen MR) is 278 cm³/mol. The Balaban J connectivity index is 1.13. The van der Waals surface area contributed by atoms with E-state index in [0.717, 1.165) is 50.1 Å². The molecule has 3 fully saturated rings. The van der Waals surface area contributed by atoms with Gasteiger partial charge in [-0.2, -0.15) is 0 Å². The number of aromatic nitrogens is 2. The van der Waals surface area contributed by atoms with E-state index in [4.69, 9.17) is 14.5 Å². The first-order valence-corrected chi connectivity index (χ1v) is 25.7. The molecule has 2 aromatic carbocycles. The topological polar surface area (TPSA) is 159 Å². The van der Waals surface area contributed by atoms with E-state index in [9.17, 15) is 24.0 Å². The summed E-state index contributed by atoms with van der Waals surface area (Å²) in [5, 5.41) is 5.66. The van der Waals surface area contributed by atoms with E-state index in [0.29, 0.717) is 58.3 Å². The van der Waals surface area contributed by atoms with Crippen molar-refractivity contribution in [2.75, 3.05) is 54.0 Å². The standard InChI is InChI=1S/C57H74N8O7/c1-12-63-46-21-20-40-32-42(46)43(50(63)41-18-14-26-58-48(41)37(4)71-11)33-55(5,6)35-72-53(69)44-19-15-27-65(60-44)52(68)45(31-38-16-13-17-39(40)30-38)59-51(67)49(36(2)3)64-29-25-57(54(64)70)24-28-62(34-57)47(66)22-23-56(7,8)61(9)10/h13-14,16-18,20-21,26,30,32,36-37,44-45,49,60H,12,15,19,24-25,27-29,31,33-35H2,1-11H3,(H,59,67)/t37-,44-,45-,49?,57-/m0/s1. The van der Waals surface area contributed by atoms with E-state index < -0.39 is 46.4 Å². The number of rotatable bonds is 9. The molecule has 2 aromatic heterocycles. The Morgan fingerprint density at radius 2 is 1.76 bits per heavy atom. The lowest BCUT2D eigenvalue weighted by atomic mass is 9.84. The highest BCUT2D eigenvalue weighted by molar-refractivity contribution is 5.98. The lowest BCUT2D eigenvalue weighted by molar-refractivity contribution is -0.155. The molecule has 6 heterocycles. The van der Waals surface area contributed by atoms with Gasteiger partial charge in [-0.15, -0.1) is 0 Å². The number of hydrogen-bond acceptors (Lipinski definition) is 10. The molecule has 4 aromatic rings. The molecule has 8 rings (SSSR count). The molecule has 384 valence electrons. The molecule has 72 heavy (non-hydrogen) atoms. The fourth-order valence-corrected chi connectivity index (χ4v) is 11.0. The lowest BCUT2D eigenvalue weighted by Crippen LogP contribution is -2.62. The minimum atomic E-state index is -1.05. The summed E-state index contributed by atoms with van der Waals surface area (Å²) in [4.78, 5) is 81.7. The van der Waals surface area contributed by atoms with Gasteiger partial charge in [0, 0.05) is 74.3 Å². The molecule has 2 N–H and O–H groups in total. The summed E-state index contributed by atoms with van der Waals surface area (Å²) in [5.41, 5.74) is 9.19. The number of esters is 1. The molecule has 15 heteroatoms. The van der Waals surface area contributed by atoms with E-state index in [1.807, 2.05) is 71.8 Å². The maximum atomic E-state index is 14.9. The molecule has 5 atom stereocenters. The van der Waals surface area contributed by atoms with Crippen LogP contribution in [0.1, 0.15) is 104 Å². The van der Waals surface area contributed by atoms with Gasteiger partial charge < -0.3 is 29.2 Å². The highest BCUT2D eigenvalue weighted by Gasteiger charge is 2.54. The van der Waals surface area contributed by atoms with Crippen molar-refractivity contribution in [3.05, 3.63) is 77.6 Å². The third-order valence-electron chi connectivity index (χ3n) is 15.6. The van der Waals surface area contributed by atoms with Crippen molar-refractivity contribution in [1.82, 2.24) is 40.0 Å². The Kier molecular flexibility index (Phi) is 15.1. The number of hydrogen-bond donors (Lipinski definition) is 2. The van der Waals surface area contributed by atoms with E-state index in [2.05, 4.69) is 84.3 Å². The second-order valence-electron chi connectivity index (χ2n) is 22.2. The van der Waals surface area contributed by atoms with Crippen LogP contribution < -0.4 is 10.7 Å². The lowest BCUT2D eigenvalue weighted by Gasteiger charge is -2.37. The molecule has 0 saturated carbocycles. The maximum absolute atomic E-state index is 14.9. The van der Waals surface area contributed by atoms with Crippen LogP contribution in [-0.4, -0.2) is 137 Å². The number of carbonyl (C=O) groups excluding carboxylic acids is 5. The Bertz CT molecular complexity index is 2800. The maximum Gasteiger partial charge on any atom is 0.324 e. The Hall–Kier alpha value is -6.08. The fraction of sp³-hybridized carbons (Fsp3) is 0.544. The number of nitrogens with one attached hydrogen (secondary N) is 2. The monoisotopic (exact) mass is 983 g/mol. The first kappa shape index (κ1) is 52.2.